The van der Waals surface area contributed by atoms with E-state index in [2.05, 4.69) is 53.4 Å². The third-order valence-corrected chi connectivity index (χ3v) is 4.73. The van der Waals surface area contributed by atoms with Gasteiger partial charge in [-0.2, -0.15) is 0 Å². The number of rotatable bonds is 14. The van der Waals surface area contributed by atoms with Crippen LogP contribution >= 0.6 is 24.0 Å². The molecule has 29 heavy (non-hydrogen) atoms. The molecule has 0 aliphatic carbocycles. The standard InChI is InChI=1S/C22H40N4O2.HI/c1-6-26(7-2)14-9-11-19(3)25-22(23-4)24-18-20-12-8-13-21(17-20)28-16-10-15-27-5;/h8,12-13,17,19H,6-7,9-11,14-16,18H2,1-5H3,(H2,23,24,25);1H. The van der Waals surface area contributed by atoms with E-state index >= 15 is 0 Å². The molecule has 168 valence electrons. The highest BCUT2D eigenvalue weighted by Gasteiger charge is 2.07. The van der Waals surface area contributed by atoms with Crippen molar-refractivity contribution in [2.24, 2.45) is 4.99 Å². The first-order chi connectivity index (χ1) is 13.6. The molecule has 0 aromatic heterocycles. The van der Waals surface area contributed by atoms with Gasteiger partial charge in [0, 0.05) is 39.8 Å². The first-order valence-corrected chi connectivity index (χ1v) is 10.5. The number of halogens is 1. The molecule has 0 aliphatic heterocycles. The van der Waals surface area contributed by atoms with Gasteiger partial charge in [0.2, 0.25) is 0 Å². The van der Waals surface area contributed by atoms with Crippen molar-refractivity contribution < 1.29 is 9.47 Å². The zero-order chi connectivity index (χ0) is 20.6. The number of guanidine groups is 1. The topological polar surface area (TPSA) is 58.1 Å². The fourth-order valence-corrected chi connectivity index (χ4v) is 2.99. The minimum atomic E-state index is 0. The normalized spacial score (nSPS) is 12.4. The molecular formula is C22H41IN4O2. The molecule has 7 heteroatoms. The van der Waals surface area contributed by atoms with Crippen LogP contribution in [-0.2, 0) is 11.3 Å². The second-order valence-electron chi connectivity index (χ2n) is 6.98. The fraction of sp³-hybridized carbons (Fsp3) is 0.682. The van der Waals surface area contributed by atoms with Crippen LogP contribution in [0.15, 0.2) is 29.3 Å². The molecule has 0 aliphatic rings. The van der Waals surface area contributed by atoms with E-state index in [1.807, 2.05) is 19.2 Å². The van der Waals surface area contributed by atoms with Crippen molar-refractivity contribution in [2.45, 2.75) is 52.6 Å². The quantitative estimate of drug-likeness (QED) is 0.169. The molecule has 0 saturated heterocycles. The lowest BCUT2D eigenvalue weighted by molar-refractivity contribution is 0.172. The van der Waals surface area contributed by atoms with E-state index in [0.717, 1.165) is 50.8 Å². The second kappa shape index (κ2) is 17.8. The van der Waals surface area contributed by atoms with Crippen molar-refractivity contribution in [1.82, 2.24) is 15.5 Å². The number of benzene rings is 1. The first kappa shape index (κ1) is 27.9. The van der Waals surface area contributed by atoms with Gasteiger partial charge in [-0.05, 0) is 57.1 Å². The Bertz CT molecular complexity index is 553. The SMILES string of the molecule is CCN(CC)CCCC(C)NC(=NC)NCc1cccc(OCCCOC)c1.I. The number of hydrogen-bond donors (Lipinski definition) is 2. The molecule has 1 aromatic carbocycles. The van der Waals surface area contributed by atoms with Crippen LogP contribution in [0.1, 0.15) is 45.6 Å². The van der Waals surface area contributed by atoms with Crippen LogP contribution in [0.25, 0.3) is 0 Å². The summed E-state index contributed by atoms with van der Waals surface area (Å²) in [5, 5.41) is 6.88. The Kier molecular flexibility index (Phi) is 17.1. The monoisotopic (exact) mass is 520 g/mol. The molecule has 0 heterocycles. The first-order valence-electron chi connectivity index (χ1n) is 10.5. The van der Waals surface area contributed by atoms with Gasteiger partial charge in [-0.25, -0.2) is 0 Å². The van der Waals surface area contributed by atoms with E-state index in [1.54, 1.807) is 7.11 Å². The lowest BCUT2D eigenvalue weighted by Crippen LogP contribution is -2.42. The molecule has 0 spiro atoms. The summed E-state index contributed by atoms with van der Waals surface area (Å²) >= 11 is 0. The van der Waals surface area contributed by atoms with Crippen molar-refractivity contribution >= 4 is 29.9 Å². The Hall–Kier alpha value is -1.06. The summed E-state index contributed by atoms with van der Waals surface area (Å²) in [5.41, 5.74) is 1.17. The molecule has 1 unspecified atom stereocenters. The average molecular weight is 521 g/mol. The molecule has 6 nitrogen and oxygen atoms in total. The van der Waals surface area contributed by atoms with E-state index in [9.17, 15) is 0 Å². The Morgan fingerprint density at radius 3 is 2.59 bits per heavy atom. The van der Waals surface area contributed by atoms with Crippen LogP contribution in [0.5, 0.6) is 5.75 Å². The number of ether oxygens (including phenoxy) is 2. The molecule has 0 fully saturated rings. The minimum absolute atomic E-state index is 0. The second-order valence-corrected chi connectivity index (χ2v) is 6.98. The third-order valence-electron chi connectivity index (χ3n) is 4.73. The predicted octanol–water partition coefficient (Wildman–Crippen LogP) is 3.90. The summed E-state index contributed by atoms with van der Waals surface area (Å²) in [4.78, 5) is 6.81. The molecule has 1 aromatic rings. The molecule has 0 bridgehead atoms. The summed E-state index contributed by atoms with van der Waals surface area (Å²) in [6.45, 7) is 12.1. The molecule has 0 amide bonds. The zero-order valence-electron chi connectivity index (χ0n) is 18.9. The maximum absolute atomic E-state index is 5.77. The summed E-state index contributed by atoms with van der Waals surface area (Å²) < 4.78 is 10.8. The highest BCUT2D eigenvalue weighted by molar-refractivity contribution is 14.0. The van der Waals surface area contributed by atoms with E-state index < -0.39 is 0 Å². The van der Waals surface area contributed by atoms with Gasteiger partial charge < -0.3 is 25.0 Å². The van der Waals surface area contributed by atoms with Crippen LogP contribution in [0.4, 0.5) is 0 Å². The lowest BCUT2D eigenvalue weighted by atomic mass is 10.2. The van der Waals surface area contributed by atoms with Crippen molar-refractivity contribution in [3.8, 4) is 5.75 Å². The molecular weight excluding hydrogens is 479 g/mol. The van der Waals surface area contributed by atoms with Crippen molar-refractivity contribution in [1.29, 1.82) is 0 Å². The molecule has 1 atom stereocenters. The minimum Gasteiger partial charge on any atom is -0.493 e. The number of hydrogen-bond acceptors (Lipinski definition) is 4. The zero-order valence-corrected chi connectivity index (χ0v) is 21.2. The van der Waals surface area contributed by atoms with Crippen LogP contribution < -0.4 is 15.4 Å². The molecule has 1 rings (SSSR count). The Morgan fingerprint density at radius 2 is 1.93 bits per heavy atom. The Balaban J connectivity index is 0.00000784. The highest BCUT2D eigenvalue weighted by Crippen LogP contribution is 2.13. The largest absolute Gasteiger partial charge is 0.493 e. The van der Waals surface area contributed by atoms with Crippen molar-refractivity contribution in [3.05, 3.63) is 29.8 Å². The Labute approximate surface area is 194 Å². The van der Waals surface area contributed by atoms with Gasteiger partial charge in [-0.3, -0.25) is 4.99 Å². The van der Waals surface area contributed by atoms with Crippen LogP contribution in [0.3, 0.4) is 0 Å². The number of nitrogens with zero attached hydrogens (tertiary/aromatic N) is 2. The summed E-state index contributed by atoms with van der Waals surface area (Å²) in [7, 11) is 3.52. The fourth-order valence-electron chi connectivity index (χ4n) is 2.99. The van der Waals surface area contributed by atoms with Gasteiger partial charge in [0.25, 0.3) is 0 Å². The van der Waals surface area contributed by atoms with Gasteiger partial charge in [0.15, 0.2) is 5.96 Å². The van der Waals surface area contributed by atoms with Gasteiger partial charge in [0.1, 0.15) is 5.75 Å². The molecule has 0 radical (unpaired) electrons. The van der Waals surface area contributed by atoms with E-state index in [0.29, 0.717) is 19.2 Å². The van der Waals surface area contributed by atoms with Crippen LogP contribution in [-0.4, -0.2) is 63.9 Å². The smallest absolute Gasteiger partial charge is 0.191 e. The summed E-state index contributed by atoms with van der Waals surface area (Å²) in [6.07, 6.45) is 3.21. The number of methoxy groups -OCH3 is 1. The third kappa shape index (κ3) is 13.0. The highest BCUT2D eigenvalue weighted by atomic mass is 127. The van der Waals surface area contributed by atoms with Gasteiger partial charge >= 0.3 is 0 Å². The van der Waals surface area contributed by atoms with E-state index in [4.69, 9.17) is 9.47 Å². The number of aliphatic imine (C=N–C) groups is 1. The van der Waals surface area contributed by atoms with Gasteiger partial charge in [-0.1, -0.05) is 26.0 Å². The van der Waals surface area contributed by atoms with E-state index in [1.165, 1.54) is 12.0 Å². The molecule has 0 saturated carbocycles. The predicted molar refractivity (Wildman–Crippen MR) is 134 cm³/mol. The van der Waals surface area contributed by atoms with Crippen LogP contribution in [0.2, 0.25) is 0 Å². The number of nitrogens with one attached hydrogen (secondary N) is 2. The lowest BCUT2D eigenvalue weighted by Gasteiger charge is -2.21. The summed E-state index contributed by atoms with van der Waals surface area (Å²) in [6, 6.07) is 8.56. The maximum Gasteiger partial charge on any atom is 0.191 e. The average Bonchev–Trinajstić information content (AvgIpc) is 2.72. The van der Waals surface area contributed by atoms with Gasteiger partial charge in [0.05, 0.1) is 6.61 Å². The summed E-state index contributed by atoms with van der Waals surface area (Å²) in [5.74, 6) is 1.73. The van der Waals surface area contributed by atoms with E-state index in [-0.39, 0.29) is 24.0 Å². The Morgan fingerprint density at radius 1 is 1.17 bits per heavy atom. The van der Waals surface area contributed by atoms with Crippen LogP contribution in [0, 0.1) is 0 Å². The maximum atomic E-state index is 5.77. The van der Waals surface area contributed by atoms with Crippen molar-refractivity contribution in [2.75, 3.05) is 47.0 Å². The van der Waals surface area contributed by atoms with Crippen molar-refractivity contribution in [3.63, 3.8) is 0 Å². The van der Waals surface area contributed by atoms with Gasteiger partial charge in [-0.15, -0.1) is 24.0 Å². The molecule has 2 N–H and O–H groups in total.